The van der Waals surface area contributed by atoms with Gasteiger partial charge in [0.2, 0.25) is 0 Å². The predicted molar refractivity (Wildman–Crippen MR) is 126 cm³/mol. The molecule has 0 fully saturated rings. The Bertz CT molecular complexity index is 774. The second kappa shape index (κ2) is 14.8. The molecule has 0 saturated carbocycles. The Morgan fingerprint density at radius 3 is 2.16 bits per heavy atom. The molecular weight excluding hydrogens is 406 g/mol. The summed E-state index contributed by atoms with van der Waals surface area (Å²) in [5.74, 6) is 0.350. The van der Waals surface area contributed by atoms with Crippen molar-refractivity contribution < 1.29 is 19.0 Å². The van der Waals surface area contributed by atoms with Gasteiger partial charge in [-0.15, -0.1) is 0 Å². The van der Waals surface area contributed by atoms with Gasteiger partial charge in [0.15, 0.2) is 0 Å². The molecule has 0 bridgehead atoms. The van der Waals surface area contributed by atoms with Crippen molar-refractivity contribution in [2.75, 3.05) is 46.2 Å². The van der Waals surface area contributed by atoms with Crippen molar-refractivity contribution in [2.24, 2.45) is 0 Å². The third kappa shape index (κ3) is 9.10. The molecule has 1 N–H and O–H groups in total. The van der Waals surface area contributed by atoms with Crippen LogP contribution in [0.2, 0.25) is 0 Å². The van der Waals surface area contributed by atoms with E-state index in [-0.39, 0.29) is 11.9 Å². The van der Waals surface area contributed by atoms with Crippen LogP contribution >= 0.6 is 0 Å². The number of unbranched alkanes of at least 4 members (excludes halogenated alkanes) is 1. The number of nitrogens with zero attached hydrogens (tertiary/aromatic N) is 2. The summed E-state index contributed by atoms with van der Waals surface area (Å²) in [6.45, 7) is 12.5. The Kier molecular flexibility index (Phi) is 12.0. The fourth-order valence-electron chi connectivity index (χ4n) is 3.06. The van der Waals surface area contributed by atoms with Crippen LogP contribution in [0, 0.1) is 0 Å². The normalized spacial score (nSPS) is 12.3. The quantitative estimate of drug-likeness (QED) is 0.392. The Morgan fingerprint density at radius 2 is 1.56 bits per heavy atom. The second-order valence-corrected chi connectivity index (χ2v) is 8.15. The number of amides is 1. The van der Waals surface area contributed by atoms with Gasteiger partial charge in [-0.3, -0.25) is 9.48 Å². The maximum atomic E-state index is 12.3. The first-order valence-electron chi connectivity index (χ1n) is 11.7. The zero-order chi connectivity index (χ0) is 23.2. The lowest BCUT2D eigenvalue weighted by Crippen LogP contribution is -2.27. The van der Waals surface area contributed by atoms with Gasteiger partial charge in [0.1, 0.15) is 0 Å². The Hall–Kier alpha value is -2.22. The van der Waals surface area contributed by atoms with Gasteiger partial charge in [-0.05, 0) is 42.5 Å². The second-order valence-electron chi connectivity index (χ2n) is 8.15. The van der Waals surface area contributed by atoms with Crippen molar-refractivity contribution in [3.05, 3.63) is 53.3 Å². The molecule has 2 rings (SSSR count). The molecule has 7 heteroatoms. The minimum Gasteiger partial charge on any atom is -0.379 e. The van der Waals surface area contributed by atoms with Crippen molar-refractivity contribution in [1.82, 2.24) is 15.1 Å². The zero-order valence-corrected chi connectivity index (χ0v) is 20.0. The van der Waals surface area contributed by atoms with Crippen LogP contribution in [0.3, 0.4) is 0 Å². The highest BCUT2D eigenvalue weighted by molar-refractivity contribution is 5.94. The molecule has 1 unspecified atom stereocenters. The molecule has 1 atom stereocenters. The van der Waals surface area contributed by atoms with Crippen LogP contribution in [-0.4, -0.2) is 61.9 Å². The minimum atomic E-state index is -0.102. The lowest BCUT2D eigenvalue weighted by atomic mass is 10.1. The van der Waals surface area contributed by atoms with Crippen molar-refractivity contribution in [3.8, 4) is 0 Å². The van der Waals surface area contributed by atoms with Gasteiger partial charge in [-0.1, -0.05) is 39.3 Å². The van der Waals surface area contributed by atoms with E-state index in [2.05, 4.69) is 44.3 Å². The van der Waals surface area contributed by atoms with Gasteiger partial charge in [-0.2, -0.15) is 5.10 Å². The van der Waals surface area contributed by atoms with Crippen LogP contribution in [-0.2, 0) is 14.2 Å². The number of carbonyl (C=O) groups is 1. The number of carbonyl (C=O) groups excluding carboxylic acids is 1. The Balaban J connectivity index is 1.60. The summed E-state index contributed by atoms with van der Waals surface area (Å²) >= 11 is 0. The molecule has 1 aromatic heterocycles. The minimum absolute atomic E-state index is 0.102. The first-order chi connectivity index (χ1) is 15.5. The van der Waals surface area contributed by atoms with E-state index < -0.39 is 0 Å². The molecule has 2 aromatic rings. The van der Waals surface area contributed by atoms with Gasteiger partial charge in [0.05, 0.1) is 45.3 Å². The molecule has 0 radical (unpaired) electrons. The fraction of sp³-hybridized carbons (Fsp3) is 0.600. The number of benzene rings is 1. The van der Waals surface area contributed by atoms with Crippen LogP contribution < -0.4 is 5.32 Å². The van der Waals surface area contributed by atoms with Gasteiger partial charge in [-0.25, -0.2) is 0 Å². The summed E-state index contributed by atoms with van der Waals surface area (Å²) in [7, 11) is 0. The van der Waals surface area contributed by atoms with E-state index in [1.165, 1.54) is 5.56 Å². The SMILES string of the molecule is CCCCOCCOCCOCCNC(=O)c1ccc(C(C)n2cc(C(C)C)cn2)cc1. The molecule has 0 aliphatic carbocycles. The summed E-state index contributed by atoms with van der Waals surface area (Å²) < 4.78 is 18.3. The molecule has 0 saturated heterocycles. The number of hydrogen-bond acceptors (Lipinski definition) is 5. The van der Waals surface area contributed by atoms with Crippen molar-refractivity contribution in [1.29, 1.82) is 0 Å². The van der Waals surface area contributed by atoms with Crippen LogP contribution in [0.4, 0.5) is 0 Å². The summed E-state index contributed by atoms with van der Waals surface area (Å²) in [5.41, 5.74) is 2.97. The first-order valence-corrected chi connectivity index (χ1v) is 11.7. The Morgan fingerprint density at radius 1 is 0.938 bits per heavy atom. The molecule has 1 aromatic carbocycles. The number of hydrogen-bond donors (Lipinski definition) is 1. The van der Waals surface area contributed by atoms with Gasteiger partial charge >= 0.3 is 0 Å². The molecule has 1 heterocycles. The molecule has 178 valence electrons. The zero-order valence-electron chi connectivity index (χ0n) is 20.0. The number of rotatable bonds is 16. The number of ether oxygens (including phenoxy) is 3. The van der Waals surface area contributed by atoms with E-state index >= 15 is 0 Å². The van der Waals surface area contributed by atoms with Gasteiger partial charge in [0.25, 0.3) is 5.91 Å². The standard InChI is InChI=1S/C25H39N3O4/c1-5-6-12-30-14-16-32-17-15-31-13-11-26-25(29)23-9-7-22(8-10-23)21(4)28-19-24(18-27-28)20(2)3/h7-10,18-21H,5-6,11-17H2,1-4H3,(H,26,29). The van der Waals surface area contributed by atoms with Crippen LogP contribution in [0.25, 0.3) is 0 Å². The average molecular weight is 446 g/mol. The highest BCUT2D eigenvalue weighted by Gasteiger charge is 2.12. The molecular formula is C25H39N3O4. The molecule has 32 heavy (non-hydrogen) atoms. The topological polar surface area (TPSA) is 74.6 Å². The van der Waals surface area contributed by atoms with E-state index in [9.17, 15) is 4.79 Å². The van der Waals surface area contributed by atoms with Crippen molar-refractivity contribution in [3.63, 3.8) is 0 Å². The smallest absolute Gasteiger partial charge is 0.251 e. The highest BCUT2D eigenvalue weighted by atomic mass is 16.5. The Labute approximate surface area is 192 Å². The van der Waals surface area contributed by atoms with Crippen LogP contribution in [0.1, 0.15) is 74.0 Å². The predicted octanol–water partition coefficient (Wildman–Crippen LogP) is 4.20. The van der Waals surface area contributed by atoms with E-state index in [1.807, 2.05) is 35.1 Å². The maximum Gasteiger partial charge on any atom is 0.251 e. The van der Waals surface area contributed by atoms with E-state index in [0.717, 1.165) is 25.0 Å². The van der Waals surface area contributed by atoms with Crippen molar-refractivity contribution >= 4 is 5.91 Å². The third-order valence-electron chi connectivity index (χ3n) is 5.26. The molecule has 0 spiro atoms. The summed E-state index contributed by atoms with van der Waals surface area (Å²) in [6, 6.07) is 7.78. The maximum absolute atomic E-state index is 12.3. The van der Waals surface area contributed by atoms with Crippen molar-refractivity contribution in [2.45, 2.75) is 52.5 Å². The highest BCUT2D eigenvalue weighted by Crippen LogP contribution is 2.20. The summed E-state index contributed by atoms with van der Waals surface area (Å²) in [4.78, 5) is 12.3. The molecule has 0 aliphatic heterocycles. The van der Waals surface area contributed by atoms with Crippen LogP contribution in [0.5, 0.6) is 0 Å². The molecule has 7 nitrogen and oxygen atoms in total. The van der Waals surface area contributed by atoms with Gasteiger partial charge in [0, 0.05) is 24.9 Å². The molecule has 1 amide bonds. The number of aromatic nitrogens is 2. The number of nitrogens with one attached hydrogen (secondary N) is 1. The van der Waals surface area contributed by atoms with E-state index in [4.69, 9.17) is 14.2 Å². The largest absolute Gasteiger partial charge is 0.379 e. The summed E-state index contributed by atoms with van der Waals surface area (Å²) in [5, 5.41) is 7.36. The first kappa shape index (κ1) is 26.0. The third-order valence-corrected chi connectivity index (χ3v) is 5.26. The van der Waals surface area contributed by atoms with E-state index in [0.29, 0.717) is 51.1 Å². The van der Waals surface area contributed by atoms with Crippen LogP contribution in [0.15, 0.2) is 36.7 Å². The lowest BCUT2D eigenvalue weighted by Gasteiger charge is -2.13. The monoisotopic (exact) mass is 445 g/mol. The van der Waals surface area contributed by atoms with E-state index in [1.54, 1.807) is 0 Å². The summed E-state index contributed by atoms with van der Waals surface area (Å²) in [6.07, 6.45) is 6.23. The lowest BCUT2D eigenvalue weighted by molar-refractivity contribution is 0.0146. The molecule has 0 aliphatic rings. The fourth-order valence-corrected chi connectivity index (χ4v) is 3.06. The average Bonchev–Trinajstić information content (AvgIpc) is 3.30. The van der Waals surface area contributed by atoms with Gasteiger partial charge < -0.3 is 19.5 Å².